The third-order valence-electron chi connectivity index (χ3n) is 3.18. The minimum absolute atomic E-state index is 0.0710. The summed E-state index contributed by atoms with van der Waals surface area (Å²) in [5.74, 6) is 0.580. The van der Waals surface area contributed by atoms with Crippen LogP contribution in [0.4, 0.5) is 0 Å². The molecule has 1 nitrogen and oxygen atoms in total. The number of hydrogen-bond acceptors (Lipinski definition) is 1. The Morgan fingerprint density at radius 3 is 2.64 bits per heavy atom. The van der Waals surface area contributed by atoms with E-state index in [0.717, 1.165) is 12.8 Å². The van der Waals surface area contributed by atoms with Crippen molar-refractivity contribution in [2.24, 2.45) is 11.7 Å². The monoisotopic (exact) mass is 253 g/mol. The molecule has 1 aliphatic rings. The first-order chi connectivity index (χ1) is 6.48. The second-order valence-electron chi connectivity index (χ2n) is 4.80. The summed E-state index contributed by atoms with van der Waals surface area (Å²) in [5, 5.41) is 0. The summed E-state index contributed by atoms with van der Waals surface area (Å²) < 4.78 is 1.24. The highest BCUT2D eigenvalue weighted by atomic mass is 79.9. The first-order valence-corrected chi connectivity index (χ1v) is 5.83. The molecule has 0 saturated carbocycles. The molecule has 0 aliphatic heterocycles. The quantitative estimate of drug-likeness (QED) is 0.819. The van der Waals surface area contributed by atoms with Crippen LogP contribution in [0.3, 0.4) is 0 Å². The van der Waals surface area contributed by atoms with Gasteiger partial charge in [0.15, 0.2) is 0 Å². The Labute approximate surface area is 93.8 Å². The van der Waals surface area contributed by atoms with Gasteiger partial charge in [-0.1, -0.05) is 28.1 Å². The van der Waals surface area contributed by atoms with Crippen LogP contribution in [0.15, 0.2) is 22.7 Å². The summed E-state index contributed by atoms with van der Waals surface area (Å²) in [5.41, 5.74) is 9.00. The van der Waals surface area contributed by atoms with Crippen molar-refractivity contribution in [2.45, 2.75) is 32.2 Å². The van der Waals surface area contributed by atoms with Gasteiger partial charge in [-0.15, -0.1) is 0 Å². The van der Waals surface area contributed by atoms with Crippen molar-refractivity contribution >= 4 is 15.9 Å². The lowest BCUT2D eigenvalue weighted by atomic mass is 9.86. The van der Waals surface area contributed by atoms with Gasteiger partial charge in [-0.2, -0.15) is 0 Å². The molecule has 1 aromatic rings. The zero-order chi connectivity index (χ0) is 10.3. The van der Waals surface area contributed by atoms with E-state index in [1.807, 2.05) is 0 Å². The first kappa shape index (κ1) is 10.2. The predicted molar refractivity (Wildman–Crippen MR) is 63.3 cm³/mol. The van der Waals surface area contributed by atoms with Crippen molar-refractivity contribution in [3.63, 3.8) is 0 Å². The van der Waals surface area contributed by atoms with Crippen molar-refractivity contribution < 1.29 is 0 Å². The fraction of sp³-hybridized carbons (Fsp3) is 0.500. The molecule has 0 fully saturated rings. The van der Waals surface area contributed by atoms with Crippen molar-refractivity contribution in [1.82, 2.24) is 0 Å². The molecule has 0 amide bonds. The van der Waals surface area contributed by atoms with Crippen molar-refractivity contribution in [1.29, 1.82) is 0 Å². The minimum atomic E-state index is -0.0710. The average molecular weight is 254 g/mol. The summed E-state index contributed by atoms with van der Waals surface area (Å²) in [4.78, 5) is 0. The van der Waals surface area contributed by atoms with Gasteiger partial charge in [-0.05, 0) is 49.8 Å². The third-order valence-corrected chi connectivity index (χ3v) is 3.93. The van der Waals surface area contributed by atoms with Crippen molar-refractivity contribution in [3.05, 3.63) is 33.8 Å². The van der Waals surface area contributed by atoms with Crippen LogP contribution in [0, 0.1) is 5.92 Å². The topological polar surface area (TPSA) is 26.0 Å². The van der Waals surface area contributed by atoms with E-state index >= 15 is 0 Å². The van der Waals surface area contributed by atoms with E-state index in [1.165, 1.54) is 15.6 Å². The number of hydrogen-bond donors (Lipinski definition) is 1. The van der Waals surface area contributed by atoms with Crippen LogP contribution in [0.5, 0.6) is 0 Å². The van der Waals surface area contributed by atoms with Crippen molar-refractivity contribution in [2.75, 3.05) is 0 Å². The molecular formula is C12H16BrN. The highest BCUT2D eigenvalue weighted by molar-refractivity contribution is 9.10. The molecule has 0 aromatic heterocycles. The van der Waals surface area contributed by atoms with E-state index in [9.17, 15) is 0 Å². The molecule has 0 heterocycles. The summed E-state index contributed by atoms with van der Waals surface area (Å²) in [6.45, 7) is 4.24. The van der Waals surface area contributed by atoms with E-state index in [2.05, 4.69) is 48.0 Å². The maximum absolute atomic E-state index is 6.15. The van der Waals surface area contributed by atoms with E-state index < -0.39 is 0 Å². The molecule has 1 aromatic carbocycles. The van der Waals surface area contributed by atoms with E-state index in [4.69, 9.17) is 5.73 Å². The van der Waals surface area contributed by atoms with Crippen LogP contribution < -0.4 is 5.73 Å². The molecule has 0 spiro atoms. The third kappa shape index (κ3) is 1.73. The lowest BCUT2D eigenvalue weighted by Gasteiger charge is -2.26. The number of halogens is 1. The number of fused-ring (bicyclic) bond motifs is 1. The van der Waals surface area contributed by atoms with E-state index in [1.54, 1.807) is 0 Å². The van der Waals surface area contributed by atoms with Gasteiger partial charge in [0.1, 0.15) is 0 Å². The van der Waals surface area contributed by atoms with Gasteiger partial charge in [0.2, 0.25) is 0 Å². The van der Waals surface area contributed by atoms with Crippen LogP contribution in [0.25, 0.3) is 0 Å². The fourth-order valence-electron chi connectivity index (χ4n) is 2.13. The first-order valence-electron chi connectivity index (χ1n) is 5.03. The largest absolute Gasteiger partial charge is 0.325 e. The summed E-state index contributed by atoms with van der Waals surface area (Å²) in [6.07, 6.45) is 2.23. The Balaban J connectivity index is 2.31. The molecule has 1 aliphatic carbocycles. The molecule has 1 atom stereocenters. The Kier molecular flexibility index (Phi) is 2.44. The van der Waals surface area contributed by atoms with Gasteiger partial charge in [-0.25, -0.2) is 0 Å². The molecule has 2 N–H and O–H groups in total. The lowest BCUT2D eigenvalue weighted by molar-refractivity contribution is 0.333. The summed E-state index contributed by atoms with van der Waals surface area (Å²) in [6, 6.07) is 6.44. The highest BCUT2D eigenvalue weighted by Gasteiger charge is 2.32. The van der Waals surface area contributed by atoms with Gasteiger partial charge in [0, 0.05) is 10.0 Å². The zero-order valence-corrected chi connectivity index (χ0v) is 10.3. The van der Waals surface area contributed by atoms with Gasteiger partial charge >= 0.3 is 0 Å². The Hall–Kier alpha value is -0.340. The van der Waals surface area contributed by atoms with Gasteiger partial charge in [-0.3, -0.25) is 0 Å². The zero-order valence-electron chi connectivity index (χ0n) is 8.68. The average Bonchev–Trinajstić information content (AvgIpc) is 2.48. The second kappa shape index (κ2) is 3.35. The number of rotatable bonds is 1. The standard InChI is InChI=1S/C12H16BrN/c1-12(2,14)9-6-8-4-3-5-11(13)10(8)7-9/h3-5,9H,6-7,14H2,1-2H3. The smallest absolute Gasteiger partial charge is 0.0210 e. The molecular weight excluding hydrogens is 238 g/mol. The Bertz CT molecular complexity index is 352. The molecule has 0 saturated heterocycles. The molecule has 76 valence electrons. The summed E-state index contributed by atoms with van der Waals surface area (Å²) in [7, 11) is 0. The fourth-order valence-corrected chi connectivity index (χ4v) is 2.70. The second-order valence-corrected chi connectivity index (χ2v) is 5.66. The van der Waals surface area contributed by atoms with E-state index in [-0.39, 0.29) is 5.54 Å². The van der Waals surface area contributed by atoms with Crippen LogP contribution >= 0.6 is 15.9 Å². The molecule has 2 heteroatoms. The van der Waals surface area contributed by atoms with Gasteiger partial charge < -0.3 is 5.73 Å². The SMILES string of the molecule is CC(C)(N)C1Cc2cccc(Br)c2C1. The van der Waals surface area contributed by atoms with Crippen LogP contribution in [-0.2, 0) is 12.8 Å². The Morgan fingerprint density at radius 1 is 1.36 bits per heavy atom. The van der Waals surface area contributed by atoms with Gasteiger partial charge in [0.25, 0.3) is 0 Å². The predicted octanol–water partition coefficient (Wildman–Crippen LogP) is 2.90. The van der Waals surface area contributed by atoms with E-state index in [0.29, 0.717) is 5.92 Å². The molecule has 14 heavy (non-hydrogen) atoms. The molecule has 2 rings (SSSR count). The lowest BCUT2D eigenvalue weighted by Crippen LogP contribution is -2.41. The van der Waals surface area contributed by atoms with Crippen LogP contribution in [0.2, 0.25) is 0 Å². The normalized spacial score (nSPS) is 21.0. The number of nitrogens with two attached hydrogens (primary N) is 1. The molecule has 0 bridgehead atoms. The summed E-state index contributed by atoms with van der Waals surface area (Å²) >= 11 is 3.60. The van der Waals surface area contributed by atoms with Crippen molar-refractivity contribution in [3.8, 4) is 0 Å². The minimum Gasteiger partial charge on any atom is -0.325 e. The maximum atomic E-state index is 6.15. The van der Waals surface area contributed by atoms with Gasteiger partial charge in [0.05, 0.1) is 0 Å². The maximum Gasteiger partial charge on any atom is 0.0210 e. The molecule has 1 unspecified atom stereocenters. The highest BCUT2D eigenvalue weighted by Crippen LogP contribution is 2.36. The van der Waals surface area contributed by atoms with Crippen LogP contribution in [-0.4, -0.2) is 5.54 Å². The van der Waals surface area contributed by atoms with Crippen LogP contribution in [0.1, 0.15) is 25.0 Å². The molecule has 0 radical (unpaired) electrons. The Morgan fingerprint density at radius 2 is 2.07 bits per heavy atom. The number of benzene rings is 1.